The van der Waals surface area contributed by atoms with E-state index in [9.17, 15) is 5.26 Å². The monoisotopic (exact) mass is 563 g/mol. The highest BCUT2D eigenvalue weighted by atomic mass is 35.5. The maximum absolute atomic E-state index is 9.21. The maximum Gasteiger partial charge on any atom is 0.126 e. The third-order valence-electron chi connectivity index (χ3n) is 6.48. The van der Waals surface area contributed by atoms with Gasteiger partial charge in [-0.2, -0.15) is 5.26 Å². The Morgan fingerprint density at radius 1 is 0.897 bits per heavy atom. The molecule has 0 aliphatic rings. The topological polar surface area (TPSA) is 68.5 Å². The number of nitrogens with one attached hydrogen (secondary N) is 1. The molecule has 0 saturated carbocycles. The molecule has 0 aromatic heterocycles. The highest BCUT2D eigenvalue weighted by Gasteiger charge is 2.12. The quantitative estimate of drug-likeness (QED) is 0.199. The van der Waals surface area contributed by atoms with Crippen LogP contribution in [0, 0.1) is 18.3 Å². The molecule has 2 N–H and O–H groups in total. The molecule has 0 atom stereocenters. The predicted molar refractivity (Wildman–Crippen MR) is 164 cm³/mol. The van der Waals surface area contributed by atoms with Crippen LogP contribution in [0.4, 0.5) is 5.69 Å². The minimum absolute atomic E-state index is 0. The molecule has 0 spiro atoms. The molecule has 0 fully saturated rings. The average molecular weight is 565 g/mol. The molecule has 0 bridgehead atoms. The molecule has 0 aliphatic carbocycles. The van der Waals surface area contributed by atoms with Gasteiger partial charge in [0, 0.05) is 44.0 Å². The van der Waals surface area contributed by atoms with Crippen LogP contribution in [0.1, 0.15) is 27.8 Å². The molecule has 0 aliphatic heterocycles. The van der Waals surface area contributed by atoms with E-state index in [1.807, 2.05) is 24.3 Å². The van der Waals surface area contributed by atoms with Gasteiger partial charge in [0.25, 0.3) is 0 Å². The van der Waals surface area contributed by atoms with E-state index in [2.05, 4.69) is 90.9 Å². The number of halogens is 2. The number of ether oxygens (including phenoxy) is 1. The Morgan fingerprint density at radius 2 is 1.67 bits per heavy atom. The number of anilines is 1. The Hall–Kier alpha value is -3.53. The van der Waals surface area contributed by atoms with Crippen LogP contribution in [-0.2, 0) is 19.7 Å². The summed E-state index contributed by atoms with van der Waals surface area (Å²) in [4.78, 5) is 2.23. The Bertz CT molecular complexity index is 1370. The van der Waals surface area contributed by atoms with Crippen molar-refractivity contribution in [2.45, 2.75) is 26.6 Å². The van der Waals surface area contributed by atoms with Crippen molar-refractivity contribution in [1.29, 1.82) is 5.26 Å². The van der Waals surface area contributed by atoms with Crippen LogP contribution < -0.4 is 15.0 Å². The van der Waals surface area contributed by atoms with E-state index in [0.29, 0.717) is 25.3 Å². The summed E-state index contributed by atoms with van der Waals surface area (Å²) in [5.41, 5.74) is 8.65. The fourth-order valence-corrected chi connectivity index (χ4v) is 4.39. The van der Waals surface area contributed by atoms with E-state index >= 15 is 0 Å². The van der Waals surface area contributed by atoms with Crippen molar-refractivity contribution in [3.63, 3.8) is 0 Å². The lowest BCUT2D eigenvalue weighted by atomic mass is 9.96. The van der Waals surface area contributed by atoms with Crippen LogP contribution >= 0.6 is 24.8 Å². The van der Waals surface area contributed by atoms with E-state index in [1.54, 1.807) is 6.07 Å². The van der Waals surface area contributed by atoms with E-state index in [0.717, 1.165) is 29.1 Å². The Labute approximate surface area is 243 Å². The van der Waals surface area contributed by atoms with Crippen LogP contribution in [0.2, 0.25) is 0 Å². The van der Waals surface area contributed by atoms with Gasteiger partial charge in [-0.15, -0.1) is 24.8 Å². The zero-order valence-corrected chi connectivity index (χ0v) is 23.9. The van der Waals surface area contributed by atoms with Crippen molar-refractivity contribution >= 4 is 30.5 Å². The first-order chi connectivity index (χ1) is 18.1. The second-order valence-corrected chi connectivity index (χ2v) is 9.11. The van der Waals surface area contributed by atoms with Crippen LogP contribution in [0.15, 0.2) is 91.0 Å². The van der Waals surface area contributed by atoms with E-state index < -0.39 is 0 Å². The fraction of sp³-hybridized carbons (Fsp3) is 0.219. The van der Waals surface area contributed by atoms with Crippen LogP contribution in [-0.4, -0.2) is 25.3 Å². The lowest BCUT2D eigenvalue weighted by Gasteiger charge is -2.23. The van der Waals surface area contributed by atoms with E-state index in [1.165, 1.54) is 22.3 Å². The summed E-state index contributed by atoms with van der Waals surface area (Å²) >= 11 is 0. The fourth-order valence-electron chi connectivity index (χ4n) is 4.39. The van der Waals surface area contributed by atoms with Crippen molar-refractivity contribution in [1.82, 2.24) is 5.32 Å². The molecule has 7 heteroatoms. The first-order valence-corrected chi connectivity index (χ1v) is 12.5. The zero-order valence-electron chi connectivity index (χ0n) is 22.3. The molecule has 204 valence electrons. The highest BCUT2D eigenvalue weighted by molar-refractivity contribution is 5.85. The molecule has 4 rings (SSSR count). The molecule has 5 nitrogen and oxygen atoms in total. The van der Waals surface area contributed by atoms with Gasteiger partial charge in [0.05, 0.1) is 18.2 Å². The van der Waals surface area contributed by atoms with Gasteiger partial charge in [0.2, 0.25) is 0 Å². The number of nitrogens with zero attached hydrogens (tertiary/aromatic N) is 2. The molecular weight excluding hydrogens is 529 g/mol. The summed E-state index contributed by atoms with van der Waals surface area (Å²) in [6.45, 7) is 4.51. The summed E-state index contributed by atoms with van der Waals surface area (Å²) in [5, 5.41) is 21.6. The molecule has 0 heterocycles. The summed E-state index contributed by atoms with van der Waals surface area (Å²) in [6, 6.07) is 32.9. The van der Waals surface area contributed by atoms with E-state index in [-0.39, 0.29) is 31.4 Å². The lowest BCUT2D eigenvalue weighted by molar-refractivity contribution is 0.288. The van der Waals surface area contributed by atoms with Crippen molar-refractivity contribution in [2.24, 2.45) is 0 Å². The van der Waals surface area contributed by atoms with Gasteiger partial charge in [0.1, 0.15) is 12.4 Å². The zero-order chi connectivity index (χ0) is 26.0. The predicted octanol–water partition coefficient (Wildman–Crippen LogP) is 6.67. The van der Waals surface area contributed by atoms with E-state index in [4.69, 9.17) is 9.84 Å². The molecule has 0 radical (unpaired) electrons. The molecule has 0 amide bonds. The van der Waals surface area contributed by atoms with Crippen LogP contribution in [0.3, 0.4) is 0 Å². The SMILES string of the molecule is Cc1c(CN(C)c2ccc(CNCCO)c(OCc3cccc(C#N)c3)c2)cccc1-c1ccccc1.Cl.Cl. The van der Waals surface area contributed by atoms with Crippen molar-refractivity contribution in [3.8, 4) is 22.9 Å². The van der Waals surface area contributed by atoms with Crippen LogP contribution in [0.5, 0.6) is 5.75 Å². The van der Waals surface area contributed by atoms with Gasteiger partial charge in [-0.05, 0) is 52.9 Å². The molecule has 4 aromatic rings. The molecule has 4 aromatic carbocycles. The number of aliphatic hydroxyl groups is 1. The van der Waals surface area contributed by atoms with Gasteiger partial charge >= 0.3 is 0 Å². The lowest BCUT2D eigenvalue weighted by Crippen LogP contribution is -2.19. The number of aliphatic hydroxyl groups excluding tert-OH is 1. The minimum Gasteiger partial charge on any atom is -0.488 e. The Kier molecular flexibility index (Phi) is 12.8. The summed E-state index contributed by atoms with van der Waals surface area (Å²) < 4.78 is 6.26. The second-order valence-electron chi connectivity index (χ2n) is 9.11. The summed E-state index contributed by atoms with van der Waals surface area (Å²) in [7, 11) is 2.09. The standard InChI is InChI=1S/C32H33N3O2.2ClH/c1-24-29(12-7-13-31(24)27-10-4-3-5-11-27)22-35(2)30-15-14-28(21-34-16-17-36)32(19-30)37-23-26-9-6-8-25(18-26)20-33;;/h3-15,18-19,34,36H,16-17,21-23H2,1-2H3;2*1H. The number of rotatable bonds is 11. The second kappa shape index (κ2) is 15.8. The molecule has 0 unspecified atom stereocenters. The minimum atomic E-state index is 0. The maximum atomic E-state index is 9.21. The number of nitriles is 1. The van der Waals surface area contributed by atoms with Crippen molar-refractivity contribution in [2.75, 3.05) is 25.1 Å². The molecule has 0 saturated heterocycles. The Morgan fingerprint density at radius 3 is 2.41 bits per heavy atom. The van der Waals surface area contributed by atoms with Crippen molar-refractivity contribution < 1.29 is 9.84 Å². The largest absolute Gasteiger partial charge is 0.488 e. The number of benzene rings is 4. The van der Waals surface area contributed by atoms with Crippen molar-refractivity contribution in [3.05, 3.63) is 119 Å². The van der Waals surface area contributed by atoms with Gasteiger partial charge in [-0.3, -0.25) is 0 Å². The summed E-state index contributed by atoms with van der Waals surface area (Å²) in [6.07, 6.45) is 0. The van der Waals surface area contributed by atoms with Gasteiger partial charge < -0.3 is 20.1 Å². The first kappa shape index (κ1) is 31.7. The highest BCUT2D eigenvalue weighted by Crippen LogP contribution is 2.30. The number of hydrogen-bond donors (Lipinski definition) is 2. The van der Waals surface area contributed by atoms with Gasteiger partial charge in [-0.1, -0.05) is 66.7 Å². The first-order valence-electron chi connectivity index (χ1n) is 12.5. The third kappa shape index (κ3) is 8.48. The van der Waals surface area contributed by atoms with Gasteiger partial charge in [0.15, 0.2) is 0 Å². The average Bonchev–Trinajstić information content (AvgIpc) is 2.94. The van der Waals surface area contributed by atoms with Crippen LogP contribution in [0.25, 0.3) is 11.1 Å². The third-order valence-corrected chi connectivity index (χ3v) is 6.48. The summed E-state index contributed by atoms with van der Waals surface area (Å²) in [5.74, 6) is 0.784. The smallest absolute Gasteiger partial charge is 0.126 e. The number of hydrogen-bond acceptors (Lipinski definition) is 5. The molecular formula is C32H35Cl2N3O2. The Balaban J connectivity index is 0.00000267. The normalized spacial score (nSPS) is 10.1. The molecule has 39 heavy (non-hydrogen) atoms. The van der Waals surface area contributed by atoms with Gasteiger partial charge in [-0.25, -0.2) is 0 Å².